The van der Waals surface area contributed by atoms with Crippen molar-refractivity contribution in [2.24, 2.45) is 5.92 Å². The molecule has 2 atom stereocenters. The van der Waals surface area contributed by atoms with Crippen LogP contribution in [-0.4, -0.2) is 30.3 Å². The molecule has 0 aromatic heterocycles. The van der Waals surface area contributed by atoms with Crippen LogP contribution >= 0.6 is 0 Å². The van der Waals surface area contributed by atoms with Gasteiger partial charge in [-0.1, -0.05) is 0 Å². The maximum atomic E-state index is 13.1. The molecule has 1 fully saturated rings. The summed E-state index contributed by atoms with van der Waals surface area (Å²) in [5.74, 6) is -6.89. The Morgan fingerprint density at radius 3 is 2.06 bits per heavy atom. The van der Waals surface area contributed by atoms with Crippen molar-refractivity contribution in [3.05, 3.63) is 0 Å². The van der Waals surface area contributed by atoms with E-state index in [1.165, 1.54) is 0 Å². The largest absolute Gasteiger partial charge is 0.748 e. The van der Waals surface area contributed by atoms with Crippen LogP contribution in [0.3, 0.4) is 0 Å². The molecule has 0 spiro atoms. The summed E-state index contributed by atoms with van der Waals surface area (Å²) >= 11 is 0. The molecule has 0 heterocycles. The van der Waals surface area contributed by atoms with Gasteiger partial charge in [0, 0.05) is 6.42 Å². The lowest BCUT2D eigenvalue weighted by molar-refractivity contribution is -0.204. The minimum Gasteiger partial charge on any atom is -0.748 e. The van der Waals surface area contributed by atoms with Gasteiger partial charge >= 0.3 is 6.18 Å². The van der Waals surface area contributed by atoms with Crippen LogP contribution < -0.4 is 0 Å². The van der Waals surface area contributed by atoms with Gasteiger partial charge in [0.2, 0.25) is 0 Å². The molecule has 0 saturated heterocycles. The second-order valence-electron chi connectivity index (χ2n) is 3.71. The van der Waals surface area contributed by atoms with Crippen LogP contribution in [0.4, 0.5) is 22.0 Å². The zero-order chi connectivity index (χ0) is 12.8. The molecule has 9 heteroatoms. The summed E-state index contributed by atoms with van der Waals surface area (Å²) in [6.07, 6.45) is -7.33. The van der Waals surface area contributed by atoms with Gasteiger partial charge in [0.25, 0.3) is 5.92 Å². The van der Waals surface area contributed by atoms with Gasteiger partial charge in [0.05, 0.1) is 5.92 Å². The highest BCUT2D eigenvalue weighted by Crippen LogP contribution is 2.47. The Hall–Kier alpha value is -0.440. The van der Waals surface area contributed by atoms with Crippen LogP contribution in [0, 0.1) is 5.92 Å². The van der Waals surface area contributed by atoms with Gasteiger partial charge in [0.1, 0.15) is 15.4 Å². The average Bonchev–Trinajstić information content (AvgIpc) is 1.97. The Morgan fingerprint density at radius 1 is 1.25 bits per heavy atom. The minimum atomic E-state index is -5.69. The summed E-state index contributed by atoms with van der Waals surface area (Å²) in [7, 11) is -5.69. The van der Waals surface area contributed by atoms with Crippen molar-refractivity contribution < 1.29 is 34.9 Å². The highest BCUT2D eigenvalue weighted by molar-refractivity contribution is 7.86. The van der Waals surface area contributed by atoms with Gasteiger partial charge in [-0.25, -0.2) is 17.2 Å². The number of rotatable bonds is 1. The van der Waals surface area contributed by atoms with E-state index >= 15 is 0 Å². The molecule has 0 amide bonds. The van der Waals surface area contributed by atoms with Gasteiger partial charge in [0.15, 0.2) is 0 Å². The lowest BCUT2D eigenvalue weighted by Crippen LogP contribution is -2.52. The molecule has 0 aliphatic heterocycles. The summed E-state index contributed by atoms with van der Waals surface area (Å²) in [5.41, 5.74) is 0. The number of hydrogen-bond acceptors (Lipinski definition) is 3. The molecule has 16 heavy (non-hydrogen) atoms. The van der Waals surface area contributed by atoms with E-state index in [1.807, 2.05) is 0 Å². The Morgan fingerprint density at radius 2 is 1.75 bits per heavy atom. The molecule has 1 rings (SSSR count). The molecular formula is C7H8F5O3S-. The molecule has 1 saturated carbocycles. The fourth-order valence-electron chi connectivity index (χ4n) is 1.89. The van der Waals surface area contributed by atoms with E-state index in [4.69, 9.17) is 0 Å². The quantitative estimate of drug-likeness (QED) is 0.538. The van der Waals surface area contributed by atoms with Crippen LogP contribution in [-0.2, 0) is 10.1 Å². The molecule has 96 valence electrons. The Balaban J connectivity index is 3.19. The van der Waals surface area contributed by atoms with E-state index in [-0.39, 0.29) is 0 Å². The van der Waals surface area contributed by atoms with Gasteiger partial charge in [-0.15, -0.1) is 0 Å². The number of hydrogen-bond donors (Lipinski definition) is 0. The van der Waals surface area contributed by atoms with E-state index in [2.05, 4.69) is 0 Å². The monoisotopic (exact) mass is 267 g/mol. The normalized spacial score (nSPS) is 31.4. The summed E-state index contributed by atoms with van der Waals surface area (Å²) in [4.78, 5) is 0. The fraction of sp³-hybridized carbons (Fsp3) is 1.00. The third-order valence-electron chi connectivity index (χ3n) is 2.54. The van der Waals surface area contributed by atoms with E-state index in [1.54, 1.807) is 0 Å². The van der Waals surface area contributed by atoms with Crippen molar-refractivity contribution >= 4 is 10.1 Å². The zero-order valence-electron chi connectivity index (χ0n) is 7.80. The van der Waals surface area contributed by atoms with Crippen LogP contribution in [0.25, 0.3) is 0 Å². The SMILES string of the molecule is O=S(=O)([O-])C1C(C(F)(F)F)CCCC1(F)F. The summed E-state index contributed by atoms with van der Waals surface area (Å²) < 4.78 is 94.7. The second kappa shape index (κ2) is 3.80. The summed E-state index contributed by atoms with van der Waals surface area (Å²) in [6.45, 7) is 0. The first-order valence-electron chi connectivity index (χ1n) is 4.35. The van der Waals surface area contributed by atoms with Gasteiger partial charge in [-0.2, -0.15) is 13.2 Å². The molecular weight excluding hydrogens is 259 g/mol. The molecule has 0 bridgehead atoms. The average molecular weight is 267 g/mol. The van der Waals surface area contributed by atoms with Crippen molar-refractivity contribution in [1.29, 1.82) is 0 Å². The molecule has 2 unspecified atom stereocenters. The molecule has 0 aromatic rings. The maximum Gasteiger partial charge on any atom is 0.393 e. The molecule has 0 N–H and O–H groups in total. The number of alkyl halides is 5. The molecule has 3 nitrogen and oxygen atoms in total. The topological polar surface area (TPSA) is 57.2 Å². The first-order valence-corrected chi connectivity index (χ1v) is 5.82. The Kier molecular flexibility index (Phi) is 3.23. The molecule has 0 aromatic carbocycles. The van der Waals surface area contributed by atoms with Gasteiger partial charge < -0.3 is 4.55 Å². The standard InChI is InChI=1S/C7H9F5O3S/c8-6(9)3-1-2-4(7(10,11)12)5(6)16(13,14)15/h4-5H,1-3H2,(H,13,14,15)/p-1. The van der Waals surface area contributed by atoms with Gasteiger partial charge in [-0.05, 0) is 12.8 Å². The van der Waals surface area contributed by atoms with Gasteiger partial charge in [-0.3, -0.25) is 0 Å². The fourth-order valence-corrected chi connectivity index (χ4v) is 3.13. The predicted molar refractivity (Wildman–Crippen MR) is 41.8 cm³/mol. The Bertz CT molecular complexity index is 361. The van der Waals surface area contributed by atoms with Crippen LogP contribution in [0.15, 0.2) is 0 Å². The van der Waals surface area contributed by atoms with Crippen molar-refractivity contribution in [1.82, 2.24) is 0 Å². The lowest BCUT2D eigenvalue weighted by atomic mass is 9.85. The van der Waals surface area contributed by atoms with E-state index < -0.39 is 52.6 Å². The lowest BCUT2D eigenvalue weighted by Gasteiger charge is -2.39. The van der Waals surface area contributed by atoms with Crippen molar-refractivity contribution in [3.8, 4) is 0 Å². The third kappa shape index (κ3) is 2.62. The highest BCUT2D eigenvalue weighted by Gasteiger charge is 2.59. The molecule has 1 aliphatic carbocycles. The first-order chi connectivity index (χ1) is 6.96. The summed E-state index contributed by atoms with van der Waals surface area (Å²) in [5, 5.41) is -3.20. The van der Waals surface area contributed by atoms with Crippen LogP contribution in [0.2, 0.25) is 0 Å². The van der Waals surface area contributed by atoms with Crippen molar-refractivity contribution in [3.63, 3.8) is 0 Å². The zero-order valence-corrected chi connectivity index (χ0v) is 8.62. The third-order valence-corrected chi connectivity index (χ3v) is 3.83. The van der Waals surface area contributed by atoms with Crippen molar-refractivity contribution in [2.75, 3.05) is 0 Å². The smallest absolute Gasteiger partial charge is 0.393 e. The van der Waals surface area contributed by atoms with Crippen molar-refractivity contribution in [2.45, 2.75) is 36.6 Å². The summed E-state index contributed by atoms with van der Waals surface area (Å²) in [6, 6.07) is 0. The minimum absolute atomic E-state index is 0.455. The number of halogens is 5. The van der Waals surface area contributed by atoms with Crippen LogP contribution in [0.5, 0.6) is 0 Å². The second-order valence-corrected chi connectivity index (χ2v) is 5.21. The highest BCUT2D eigenvalue weighted by atomic mass is 32.2. The molecule has 1 aliphatic rings. The Labute approximate surface area is 88.4 Å². The molecule has 0 radical (unpaired) electrons. The predicted octanol–water partition coefficient (Wildman–Crippen LogP) is 1.90. The first kappa shape index (κ1) is 13.6. The van der Waals surface area contributed by atoms with Crippen LogP contribution in [0.1, 0.15) is 19.3 Å². The van der Waals surface area contributed by atoms with E-state index in [9.17, 15) is 34.9 Å². The van der Waals surface area contributed by atoms with E-state index in [0.29, 0.717) is 0 Å². The maximum absolute atomic E-state index is 13.1. The van der Waals surface area contributed by atoms with E-state index in [0.717, 1.165) is 0 Å².